The lowest BCUT2D eigenvalue weighted by Gasteiger charge is -2.11. The second kappa shape index (κ2) is 8.85. The minimum Gasteiger partial charge on any atom is -0.493 e. The summed E-state index contributed by atoms with van der Waals surface area (Å²) in [5, 5.41) is 2.82. The number of benzene rings is 2. The quantitative estimate of drug-likeness (QED) is 0.827. The molecule has 134 valence electrons. The van der Waals surface area contributed by atoms with Crippen molar-refractivity contribution in [2.24, 2.45) is 5.73 Å². The van der Waals surface area contributed by atoms with Gasteiger partial charge in [0, 0.05) is 20.1 Å². The van der Waals surface area contributed by atoms with E-state index in [0.29, 0.717) is 6.54 Å². The number of rotatable bonds is 6. The first-order valence-electron chi connectivity index (χ1n) is 8.04. The summed E-state index contributed by atoms with van der Waals surface area (Å²) in [4.78, 5) is 11.8. The van der Waals surface area contributed by atoms with Gasteiger partial charge in [-0.2, -0.15) is 0 Å². The van der Waals surface area contributed by atoms with Crippen LogP contribution in [0.4, 0.5) is 0 Å². The largest absolute Gasteiger partial charge is 0.493 e. The Balaban J connectivity index is 0.00000225. The fourth-order valence-electron chi connectivity index (χ4n) is 2.76. The van der Waals surface area contributed by atoms with Gasteiger partial charge < -0.3 is 20.5 Å². The fraction of sp³-hybridized carbons (Fsp3) is 0.316. The van der Waals surface area contributed by atoms with Gasteiger partial charge in [-0.1, -0.05) is 30.3 Å². The number of amides is 1. The van der Waals surface area contributed by atoms with E-state index in [1.165, 1.54) is 18.2 Å². The third kappa shape index (κ3) is 4.72. The van der Waals surface area contributed by atoms with E-state index in [1.54, 1.807) is 0 Å². The van der Waals surface area contributed by atoms with Gasteiger partial charge in [-0.15, -0.1) is 12.4 Å². The highest BCUT2D eigenvalue weighted by Crippen LogP contribution is 2.30. The first kappa shape index (κ1) is 19.2. The summed E-state index contributed by atoms with van der Waals surface area (Å²) < 4.78 is 10.4. The first-order valence-corrected chi connectivity index (χ1v) is 8.04. The van der Waals surface area contributed by atoms with Gasteiger partial charge >= 0.3 is 0 Å². The van der Waals surface area contributed by atoms with E-state index in [-0.39, 0.29) is 24.9 Å². The van der Waals surface area contributed by atoms with Gasteiger partial charge in [-0.25, -0.2) is 0 Å². The Kier molecular flexibility index (Phi) is 6.82. The minimum absolute atomic E-state index is 0. The van der Waals surface area contributed by atoms with Gasteiger partial charge in [-0.3, -0.25) is 4.79 Å². The smallest absolute Gasteiger partial charge is 0.239 e. The van der Waals surface area contributed by atoms with Crippen LogP contribution in [0.3, 0.4) is 0 Å². The number of hydrogen-bond acceptors (Lipinski definition) is 4. The Labute approximate surface area is 153 Å². The summed E-state index contributed by atoms with van der Waals surface area (Å²) in [5.41, 5.74) is 10.3. The van der Waals surface area contributed by atoms with E-state index < -0.39 is 6.04 Å². The van der Waals surface area contributed by atoms with Crippen LogP contribution in [-0.4, -0.2) is 32.3 Å². The summed E-state index contributed by atoms with van der Waals surface area (Å²) in [6, 6.07) is 13.8. The van der Waals surface area contributed by atoms with Gasteiger partial charge in [0.05, 0.1) is 13.2 Å². The molecule has 1 atom stereocenters. The zero-order valence-electron chi connectivity index (χ0n) is 14.2. The first-order chi connectivity index (χ1) is 11.7. The molecule has 1 aliphatic rings. The molecule has 5 nitrogen and oxygen atoms in total. The van der Waals surface area contributed by atoms with Crippen molar-refractivity contribution in [3.05, 3.63) is 53.6 Å². The second-order valence-electron chi connectivity index (χ2n) is 5.90. The zero-order chi connectivity index (χ0) is 16.9. The van der Waals surface area contributed by atoms with Crippen molar-refractivity contribution >= 4 is 18.3 Å². The molecule has 0 saturated carbocycles. The maximum absolute atomic E-state index is 11.8. The zero-order valence-corrected chi connectivity index (χ0v) is 15.0. The molecule has 3 N–H and O–H groups in total. The molecule has 2 aromatic rings. The molecule has 1 amide bonds. The van der Waals surface area contributed by atoms with Gasteiger partial charge in [0.1, 0.15) is 11.8 Å². The Hall–Kier alpha value is -2.08. The van der Waals surface area contributed by atoms with Crippen molar-refractivity contribution in [1.82, 2.24) is 5.32 Å². The van der Waals surface area contributed by atoms with Crippen LogP contribution in [0.25, 0.3) is 11.1 Å². The van der Waals surface area contributed by atoms with E-state index in [0.717, 1.165) is 29.9 Å². The maximum Gasteiger partial charge on any atom is 0.239 e. The number of fused-ring (bicyclic) bond motifs is 1. The van der Waals surface area contributed by atoms with Crippen LogP contribution >= 0.6 is 12.4 Å². The van der Waals surface area contributed by atoms with Gasteiger partial charge in [-0.05, 0) is 34.4 Å². The van der Waals surface area contributed by atoms with E-state index in [9.17, 15) is 4.79 Å². The van der Waals surface area contributed by atoms with Crippen LogP contribution in [0.5, 0.6) is 5.75 Å². The van der Waals surface area contributed by atoms with Crippen LogP contribution in [0.2, 0.25) is 0 Å². The summed E-state index contributed by atoms with van der Waals surface area (Å²) >= 11 is 0. The number of nitrogens with one attached hydrogen (secondary N) is 1. The lowest BCUT2D eigenvalue weighted by Crippen LogP contribution is -2.43. The van der Waals surface area contributed by atoms with Crippen molar-refractivity contribution in [2.75, 3.05) is 20.3 Å². The van der Waals surface area contributed by atoms with Crippen LogP contribution in [0, 0.1) is 0 Å². The normalized spacial score (nSPS) is 13.4. The molecule has 1 unspecified atom stereocenters. The molecule has 6 heteroatoms. The van der Waals surface area contributed by atoms with Crippen molar-refractivity contribution in [1.29, 1.82) is 0 Å². The predicted molar refractivity (Wildman–Crippen MR) is 100 cm³/mol. The molecule has 0 spiro atoms. The van der Waals surface area contributed by atoms with E-state index in [4.69, 9.17) is 15.2 Å². The summed E-state index contributed by atoms with van der Waals surface area (Å²) in [5.74, 6) is 0.782. The second-order valence-corrected chi connectivity index (χ2v) is 5.90. The molecular formula is C19H23ClN2O3. The Morgan fingerprint density at radius 2 is 1.96 bits per heavy atom. The number of carbonyl (C=O) groups excluding carboxylic acids is 1. The van der Waals surface area contributed by atoms with Crippen LogP contribution in [0.15, 0.2) is 42.5 Å². The van der Waals surface area contributed by atoms with Crippen LogP contribution < -0.4 is 15.8 Å². The predicted octanol–water partition coefficient (Wildman–Crippen LogP) is 2.30. The molecule has 0 saturated heterocycles. The molecule has 0 aliphatic carbocycles. The van der Waals surface area contributed by atoms with Crippen molar-refractivity contribution < 1.29 is 14.3 Å². The van der Waals surface area contributed by atoms with Gasteiger partial charge in [0.2, 0.25) is 5.91 Å². The fourth-order valence-corrected chi connectivity index (χ4v) is 2.76. The van der Waals surface area contributed by atoms with Crippen molar-refractivity contribution in [3.63, 3.8) is 0 Å². The number of nitrogens with two attached hydrogens (primary N) is 1. The van der Waals surface area contributed by atoms with Crippen molar-refractivity contribution in [2.45, 2.75) is 19.0 Å². The Morgan fingerprint density at radius 3 is 2.68 bits per heavy atom. The standard InChI is InChI=1S/C19H22N2O3.ClH/c1-23-12-17(20)19(22)21-11-13-2-4-14(5-3-13)15-6-7-18-16(10-15)8-9-24-18;/h2-7,10,17H,8-9,11-12,20H2,1H3,(H,21,22);1H. The molecule has 0 fully saturated rings. The molecule has 0 bridgehead atoms. The number of methoxy groups -OCH3 is 1. The molecule has 0 radical (unpaired) electrons. The third-order valence-corrected chi connectivity index (χ3v) is 4.13. The van der Waals surface area contributed by atoms with E-state index in [1.807, 2.05) is 18.2 Å². The van der Waals surface area contributed by atoms with Crippen molar-refractivity contribution in [3.8, 4) is 16.9 Å². The SMILES string of the molecule is COCC(N)C(=O)NCc1ccc(-c2ccc3c(c2)CCO3)cc1.Cl. The number of halogens is 1. The molecule has 0 aromatic heterocycles. The summed E-state index contributed by atoms with van der Waals surface area (Å²) in [6.07, 6.45) is 0.967. The maximum atomic E-state index is 11.8. The van der Waals surface area contributed by atoms with Crippen LogP contribution in [0.1, 0.15) is 11.1 Å². The van der Waals surface area contributed by atoms with E-state index in [2.05, 4.69) is 29.6 Å². The Bertz CT molecular complexity index is 719. The lowest BCUT2D eigenvalue weighted by molar-refractivity contribution is -0.123. The molecule has 3 rings (SSSR count). The van der Waals surface area contributed by atoms with Gasteiger partial charge in [0.15, 0.2) is 0 Å². The Morgan fingerprint density at radius 1 is 1.24 bits per heavy atom. The highest BCUT2D eigenvalue weighted by molar-refractivity contribution is 5.85. The highest BCUT2D eigenvalue weighted by atomic mass is 35.5. The summed E-state index contributed by atoms with van der Waals surface area (Å²) in [6.45, 7) is 1.43. The van der Waals surface area contributed by atoms with Gasteiger partial charge in [0.25, 0.3) is 0 Å². The van der Waals surface area contributed by atoms with Crippen LogP contribution in [-0.2, 0) is 22.5 Å². The van der Waals surface area contributed by atoms with E-state index >= 15 is 0 Å². The summed E-state index contributed by atoms with van der Waals surface area (Å²) in [7, 11) is 1.52. The molecule has 1 heterocycles. The third-order valence-electron chi connectivity index (χ3n) is 4.13. The molecular weight excluding hydrogens is 340 g/mol. The average Bonchev–Trinajstić information content (AvgIpc) is 3.08. The molecule has 25 heavy (non-hydrogen) atoms. The number of hydrogen-bond donors (Lipinski definition) is 2. The highest BCUT2D eigenvalue weighted by Gasteiger charge is 2.13. The topological polar surface area (TPSA) is 73.6 Å². The number of ether oxygens (including phenoxy) is 2. The molecule has 2 aromatic carbocycles. The number of carbonyl (C=O) groups is 1. The minimum atomic E-state index is -0.636. The average molecular weight is 363 g/mol. The lowest BCUT2D eigenvalue weighted by atomic mass is 10.0. The molecule has 1 aliphatic heterocycles. The monoisotopic (exact) mass is 362 g/mol.